The van der Waals surface area contributed by atoms with Gasteiger partial charge in [-0.15, -0.1) is 0 Å². The van der Waals surface area contributed by atoms with Gasteiger partial charge in [0.2, 0.25) is 0 Å². The van der Waals surface area contributed by atoms with E-state index in [0.29, 0.717) is 12.0 Å². The Hall–Kier alpha value is -0.810. The van der Waals surface area contributed by atoms with E-state index in [9.17, 15) is 4.79 Å². The summed E-state index contributed by atoms with van der Waals surface area (Å²) >= 11 is 0. The second-order valence-corrected chi connectivity index (χ2v) is 7.72. The van der Waals surface area contributed by atoms with Crippen molar-refractivity contribution in [2.75, 3.05) is 33.4 Å². The smallest absolute Gasteiger partial charge is 0.410 e. The highest BCUT2D eigenvalue weighted by Gasteiger charge is 2.32. The molecule has 1 aliphatic carbocycles. The number of methoxy groups -OCH3 is 1. The van der Waals surface area contributed by atoms with Gasteiger partial charge in [0.25, 0.3) is 0 Å². The summed E-state index contributed by atoms with van der Waals surface area (Å²) in [5.41, 5.74) is -0.410. The first-order valence-electron chi connectivity index (χ1n) is 8.59. The molecule has 5 nitrogen and oxygen atoms in total. The summed E-state index contributed by atoms with van der Waals surface area (Å²) in [5, 5.41) is 3.67. The molecule has 1 atom stereocenters. The zero-order valence-corrected chi connectivity index (χ0v) is 14.6. The summed E-state index contributed by atoms with van der Waals surface area (Å²) in [6, 6.07) is 0.508. The van der Waals surface area contributed by atoms with Gasteiger partial charge >= 0.3 is 6.09 Å². The van der Waals surface area contributed by atoms with Crippen LogP contribution in [0.5, 0.6) is 0 Å². The maximum absolute atomic E-state index is 12.0. The van der Waals surface area contributed by atoms with Gasteiger partial charge in [0.15, 0.2) is 0 Å². The molecule has 1 heterocycles. The molecular weight excluding hydrogens is 280 g/mol. The van der Waals surface area contributed by atoms with Crippen LogP contribution in [0.4, 0.5) is 4.79 Å². The fourth-order valence-corrected chi connectivity index (χ4v) is 3.00. The van der Waals surface area contributed by atoms with Crippen molar-refractivity contribution in [3.63, 3.8) is 0 Å². The third-order valence-electron chi connectivity index (χ3n) is 4.47. The number of hydrogen-bond acceptors (Lipinski definition) is 4. The lowest BCUT2D eigenvalue weighted by molar-refractivity contribution is 0.0182. The lowest BCUT2D eigenvalue weighted by Crippen LogP contribution is -2.45. The minimum atomic E-state index is -0.410. The molecule has 2 aliphatic rings. The van der Waals surface area contributed by atoms with Crippen molar-refractivity contribution in [3.05, 3.63) is 0 Å². The zero-order valence-electron chi connectivity index (χ0n) is 14.6. The average Bonchev–Trinajstić information content (AvgIpc) is 3.26. The molecular formula is C17H32N2O3. The molecule has 5 heteroatoms. The van der Waals surface area contributed by atoms with E-state index in [4.69, 9.17) is 9.47 Å². The normalized spacial score (nSPS) is 21.7. The summed E-state index contributed by atoms with van der Waals surface area (Å²) in [5.74, 6) is 1.46. The molecule has 0 radical (unpaired) electrons. The van der Waals surface area contributed by atoms with Crippen LogP contribution < -0.4 is 5.32 Å². The Morgan fingerprint density at radius 1 is 1.23 bits per heavy atom. The van der Waals surface area contributed by atoms with Crippen LogP contribution in [0.3, 0.4) is 0 Å². The van der Waals surface area contributed by atoms with Gasteiger partial charge in [0, 0.05) is 26.2 Å². The van der Waals surface area contributed by atoms with Crippen LogP contribution >= 0.6 is 0 Å². The Morgan fingerprint density at radius 3 is 2.36 bits per heavy atom. The molecule has 22 heavy (non-hydrogen) atoms. The van der Waals surface area contributed by atoms with Gasteiger partial charge in [-0.25, -0.2) is 4.79 Å². The van der Waals surface area contributed by atoms with Gasteiger partial charge in [0.1, 0.15) is 5.60 Å². The molecule has 1 aliphatic heterocycles. The number of likely N-dealkylation sites (tertiary alicyclic amines) is 1. The Bertz CT molecular complexity index is 355. The van der Waals surface area contributed by atoms with Gasteiger partial charge in [-0.2, -0.15) is 0 Å². The quantitative estimate of drug-likeness (QED) is 0.819. The Morgan fingerprint density at radius 2 is 1.86 bits per heavy atom. The number of amides is 1. The van der Waals surface area contributed by atoms with Crippen molar-refractivity contribution >= 4 is 6.09 Å². The highest BCUT2D eigenvalue weighted by atomic mass is 16.6. The van der Waals surface area contributed by atoms with Crippen LogP contribution in [0.1, 0.15) is 46.5 Å². The molecule has 2 fully saturated rings. The second-order valence-electron chi connectivity index (χ2n) is 7.72. The first-order chi connectivity index (χ1) is 10.4. The monoisotopic (exact) mass is 312 g/mol. The van der Waals surface area contributed by atoms with Crippen molar-refractivity contribution in [1.29, 1.82) is 0 Å². The standard InChI is InChI=1S/C17H32N2O3/c1-17(2,3)22-16(20)19-9-7-13(8-10-19)11-18-15(12-21-4)14-5-6-14/h13-15,18H,5-12H2,1-4H3. The first-order valence-corrected chi connectivity index (χ1v) is 8.59. The molecule has 128 valence electrons. The summed E-state index contributed by atoms with van der Waals surface area (Å²) in [7, 11) is 1.77. The maximum Gasteiger partial charge on any atom is 0.410 e. The number of carbonyl (C=O) groups excluding carboxylic acids is 1. The fraction of sp³-hybridized carbons (Fsp3) is 0.941. The third-order valence-corrected chi connectivity index (χ3v) is 4.47. The van der Waals surface area contributed by atoms with Gasteiger partial charge in [0.05, 0.1) is 6.61 Å². The van der Waals surface area contributed by atoms with Crippen molar-refractivity contribution < 1.29 is 14.3 Å². The second kappa shape index (κ2) is 7.64. The van der Waals surface area contributed by atoms with Crippen LogP contribution in [0.2, 0.25) is 0 Å². The first kappa shape index (κ1) is 17.5. The lowest BCUT2D eigenvalue weighted by Gasteiger charge is -2.34. The third kappa shape index (κ3) is 5.76. The van der Waals surface area contributed by atoms with Gasteiger partial charge < -0.3 is 19.7 Å². The van der Waals surface area contributed by atoms with Crippen LogP contribution in [-0.4, -0.2) is 56.0 Å². The van der Waals surface area contributed by atoms with Crippen molar-refractivity contribution in [2.45, 2.75) is 58.1 Å². The van der Waals surface area contributed by atoms with Gasteiger partial charge in [-0.3, -0.25) is 0 Å². The minimum Gasteiger partial charge on any atom is -0.444 e. The summed E-state index contributed by atoms with van der Waals surface area (Å²) < 4.78 is 10.7. The number of ether oxygens (including phenoxy) is 2. The van der Waals surface area contributed by atoms with E-state index in [1.54, 1.807) is 7.11 Å². The van der Waals surface area contributed by atoms with E-state index in [-0.39, 0.29) is 6.09 Å². The molecule has 2 rings (SSSR count). The predicted molar refractivity (Wildman–Crippen MR) is 86.9 cm³/mol. The number of rotatable bonds is 6. The summed E-state index contributed by atoms with van der Waals surface area (Å²) in [4.78, 5) is 13.9. The number of hydrogen-bond donors (Lipinski definition) is 1. The van der Waals surface area contributed by atoms with E-state index < -0.39 is 5.60 Å². The lowest BCUT2D eigenvalue weighted by atomic mass is 9.96. The number of carbonyl (C=O) groups is 1. The topological polar surface area (TPSA) is 50.8 Å². The molecule has 1 amide bonds. The van der Waals surface area contributed by atoms with Gasteiger partial charge in [-0.1, -0.05) is 0 Å². The van der Waals surface area contributed by atoms with Crippen molar-refractivity contribution in [1.82, 2.24) is 10.2 Å². The molecule has 0 aromatic rings. The summed E-state index contributed by atoms with van der Waals surface area (Å²) in [6.07, 6.45) is 4.60. The number of nitrogens with one attached hydrogen (secondary N) is 1. The molecule has 0 aromatic heterocycles. The summed E-state index contributed by atoms with van der Waals surface area (Å²) in [6.45, 7) is 9.19. The largest absolute Gasteiger partial charge is 0.444 e. The van der Waals surface area contributed by atoms with Crippen LogP contribution in [0.25, 0.3) is 0 Å². The highest BCUT2D eigenvalue weighted by Crippen LogP contribution is 2.33. The van der Waals surface area contributed by atoms with Crippen molar-refractivity contribution in [3.8, 4) is 0 Å². The predicted octanol–water partition coefficient (Wildman–Crippen LogP) is 2.65. The van der Waals surface area contributed by atoms with Crippen LogP contribution in [0.15, 0.2) is 0 Å². The fourth-order valence-electron chi connectivity index (χ4n) is 3.00. The van der Waals surface area contributed by atoms with E-state index in [1.165, 1.54) is 12.8 Å². The molecule has 1 unspecified atom stereocenters. The van der Waals surface area contributed by atoms with E-state index in [2.05, 4.69) is 5.32 Å². The number of nitrogens with zero attached hydrogens (tertiary/aromatic N) is 1. The van der Waals surface area contributed by atoms with Gasteiger partial charge in [-0.05, 0) is 64.8 Å². The SMILES string of the molecule is COCC(NCC1CCN(C(=O)OC(C)(C)C)CC1)C1CC1. The van der Waals surface area contributed by atoms with Crippen LogP contribution in [-0.2, 0) is 9.47 Å². The molecule has 1 N–H and O–H groups in total. The van der Waals surface area contributed by atoms with Crippen molar-refractivity contribution in [2.24, 2.45) is 11.8 Å². The molecule has 1 saturated carbocycles. The Balaban J connectivity index is 1.67. The Labute approximate surface area is 134 Å². The van der Waals surface area contributed by atoms with Crippen LogP contribution in [0, 0.1) is 11.8 Å². The highest BCUT2D eigenvalue weighted by molar-refractivity contribution is 5.68. The van der Waals surface area contributed by atoms with E-state index >= 15 is 0 Å². The molecule has 0 spiro atoms. The van der Waals surface area contributed by atoms with E-state index in [0.717, 1.165) is 45.0 Å². The maximum atomic E-state index is 12.0. The zero-order chi connectivity index (χ0) is 16.2. The molecule has 0 aromatic carbocycles. The number of piperidine rings is 1. The molecule has 1 saturated heterocycles. The average molecular weight is 312 g/mol. The Kier molecular flexibility index (Phi) is 6.09. The molecule has 0 bridgehead atoms. The van der Waals surface area contributed by atoms with E-state index in [1.807, 2.05) is 25.7 Å². The minimum absolute atomic E-state index is 0.172.